The quantitative estimate of drug-likeness (QED) is 0.488. The van der Waals surface area contributed by atoms with Gasteiger partial charge in [0.25, 0.3) is 0 Å². The molecule has 3 aromatic carbocycles. The number of benzene rings is 3. The Morgan fingerprint density at radius 2 is 1.74 bits per heavy atom. The normalized spacial score (nSPS) is 19.0. The third-order valence-electron chi connectivity index (χ3n) is 5.90. The zero-order valence-corrected chi connectivity index (χ0v) is 16.8. The maximum atomic E-state index is 15.1. The molecular weight excluding hydrogens is 391 g/mol. The summed E-state index contributed by atoms with van der Waals surface area (Å²) in [6.45, 7) is 2.05. The van der Waals surface area contributed by atoms with Crippen LogP contribution < -0.4 is 10.1 Å². The molecule has 6 heteroatoms. The lowest BCUT2D eigenvalue weighted by atomic mass is 9.84. The summed E-state index contributed by atoms with van der Waals surface area (Å²) in [5.74, 6) is 1.06. The van der Waals surface area contributed by atoms with E-state index in [0.717, 1.165) is 28.1 Å². The van der Waals surface area contributed by atoms with Crippen molar-refractivity contribution in [2.75, 3.05) is 5.32 Å². The van der Waals surface area contributed by atoms with E-state index >= 15 is 4.39 Å². The molecule has 4 aromatic rings. The molecule has 152 valence electrons. The third-order valence-corrected chi connectivity index (χ3v) is 5.90. The molecule has 0 radical (unpaired) electrons. The number of hydrogen-bond donors (Lipinski definition) is 1. The molecule has 0 saturated heterocycles. The minimum Gasteiger partial charge on any atom is -0.480 e. The molecule has 3 heterocycles. The van der Waals surface area contributed by atoms with Crippen LogP contribution in [0.2, 0.25) is 0 Å². The number of halogens is 1. The summed E-state index contributed by atoms with van der Waals surface area (Å²) in [6.07, 6.45) is 1.09. The lowest BCUT2D eigenvalue weighted by Crippen LogP contribution is -2.32. The second kappa shape index (κ2) is 6.80. The monoisotopic (exact) mass is 410 g/mol. The highest BCUT2D eigenvalue weighted by molar-refractivity contribution is 5.85. The van der Waals surface area contributed by atoms with Crippen molar-refractivity contribution in [3.05, 3.63) is 113 Å². The summed E-state index contributed by atoms with van der Waals surface area (Å²) < 4.78 is 23.3. The van der Waals surface area contributed by atoms with Gasteiger partial charge in [-0.3, -0.25) is 0 Å². The molecule has 2 atom stereocenters. The van der Waals surface area contributed by atoms with Gasteiger partial charge in [-0.15, -0.1) is 0 Å². The van der Waals surface area contributed by atoms with Crippen molar-refractivity contribution in [2.24, 2.45) is 0 Å². The van der Waals surface area contributed by atoms with Gasteiger partial charge in [0.15, 0.2) is 0 Å². The second-order valence-electron chi connectivity index (χ2n) is 7.81. The van der Waals surface area contributed by atoms with E-state index in [4.69, 9.17) is 4.74 Å². The molecule has 0 fully saturated rings. The van der Waals surface area contributed by atoms with E-state index in [1.165, 1.54) is 18.0 Å². The van der Waals surface area contributed by atoms with Gasteiger partial charge >= 0.3 is 0 Å². The largest absolute Gasteiger partial charge is 0.480 e. The minimum absolute atomic E-state index is 0.288. The Hall–Kier alpha value is -3.93. The van der Waals surface area contributed by atoms with E-state index in [2.05, 4.69) is 46.6 Å². The van der Waals surface area contributed by atoms with Crippen LogP contribution in [0.1, 0.15) is 34.4 Å². The molecule has 1 N–H and O–H groups in total. The fourth-order valence-corrected chi connectivity index (χ4v) is 4.43. The van der Waals surface area contributed by atoms with Gasteiger partial charge in [0.2, 0.25) is 5.95 Å². The fourth-order valence-electron chi connectivity index (χ4n) is 4.43. The SMILES string of the molecule is Cc1ccc([C@H]2Oc3ccccc3C3=C2[C@H](c2ccccc2F)n2ncnc2N3)cc1. The van der Waals surface area contributed by atoms with Crippen molar-refractivity contribution < 1.29 is 9.13 Å². The van der Waals surface area contributed by atoms with Gasteiger partial charge in [-0.2, -0.15) is 10.1 Å². The summed E-state index contributed by atoms with van der Waals surface area (Å²) in [5, 5.41) is 7.86. The van der Waals surface area contributed by atoms with E-state index in [9.17, 15) is 0 Å². The van der Waals surface area contributed by atoms with Crippen LogP contribution in [0.25, 0.3) is 5.70 Å². The van der Waals surface area contributed by atoms with Gasteiger partial charge in [-0.25, -0.2) is 9.07 Å². The van der Waals surface area contributed by atoms with Crippen LogP contribution in [0, 0.1) is 12.7 Å². The topological polar surface area (TPSA) is 52.0 Å². The van der Waals surface area contributed by atoms with Crippen LogP contribution in [0.4, 0.5) is 10.3 Å². The Balaban J connectivity index is 1.65. The number of anilines is 1. The van der Waals surface area contributed by atoms with Crippen molar-refractivity contribution in [1.29, 1.82) is 0 Å². The lowest BCUT2D eigenvalue weighted by Gasteiger charge is -2.39. The molecule has 1 aromatic heterocycles. The average molecular weight is 410 g/mol. The van der Waals surface area contributed by atoms with Crippen LogP contribution in [-0.4, -0.2) is 14.8 Å². The number of aromatic nitrogens is 3. The molecule has 0 saturated carbocycles. The highest BCUT2D eigenvalue weighted by Crippen LogP contribution is 2.50. The maximum Gasteiger partial charge on any atom is 0.226 e. The Morgan fingerprint density at radius 3 is 2.58 bits per heavy atom. The summed E-state index contributed by atoms with van der Waals surface area (Å²) in [5.41, 5.74) is 5.42. The first-order valence-corrected chi connectivity index (χ1v) is 10.2. The maximum absolute atomic E-state index is 15.1. The molecule has 2 aliphatic heterocycles. The predicted molar refractivity (Wildman–Crippen MR) is 116 cm³/mol. The Labute approximate surface area is 178 Å². The van der Waals surface area contributed by atoms with Gasteiger partial charge in [0.1, 0.15) is 30.0 Å². The van der Waals surface area contributed by atoms with Crippen LogP contribution in [0.15, 0.2) is 84.7 Å². The Bertz CT molecular complexity index is 1330. The summed E-state index contributed by atoms with van der Waals surface area (Å²) in [7, 11) is 0. The lowest BCUT2D eigenvalue weighted by molar-refractivity contribution is 0.222. The summed E-state index contributed by atoms with van der Waals surface area (Å²) in [6, 6.07) is 22.5. The van der Waals surface area contributed by atoms with Crippen LogP contribution >= 0.6 is 0 Å². The summed E-state index contributed by atoms with van der Waals surface area (Å²) in [4.78, 5) is 4.38. The first-order valence-electron chi connectivity index (χ1n) is 10.2. The number of rotatable bonds is 2. The molecule has 5 nitrogen and oxygen atoms in total. The Morgan fingerprint density at radius 1 is 0.968 bits per heavy atom. The van der Waals surface area contributed by atoms with Crippen molar-refractivity contribution in [1.82, 2.24) is 14.8 Å². The van der Waals surface area contributed by atoms with Gasteiger partial charge in [-0.1, -0.05) is 60.2 Å². The van der Waals surface area contributed by atoms with E-state index in [0.29, 0.717) is 11.5 Å². The van der Waals surface area contributed by atoms with Gasteiger partial charge in [0.05, 0.1) is 5.70 Å². The fraction of sp³-hybridized carbons (Fsp3) is 0.120. The van der Waals surface area contributed by atoms with E-state index in [1.54, 1.807) is 16.8 Å². The predicted octanol–water partition coefficient (Wildman–Crippen LogP) is 5.29. The molecule has 0 bridgehead atoms. The Kier molecular flexibility index (Phi) is 3.93. The molecule has 0 spiro atoms. The average Bonchev–Trinajstić information content (AvgIpc) is 3.27. The zero-order chi connectivity index (χ0) is 20.9. The van der Waals surface area contributed by atoms with E-state index < -0.39 is 12.1 Å². The zero-order valence-electron chi connectivity index (χ0n) is 16.8. The standard InChI is InChI=1S/C25H19FN4O/c1-15-10-12-16(13-11-15)24-21-22(18-7-3-5-9-20(18)31-24)29-25-27-14-28-30(25)23(21)17-6-2-4-8-19(17)26/h2-14,23-24H,1H3,(H,27,28,29)/t23-,24+/m0/s1. The minimum atomic E-state index is -0.491. The molecular formula is C25H19FN4O. The molecule has 6 rings (SSSR count). The van der Waals surface area contributed by atoms with Gasteiger partial charge in [0, 0.05) is 16.7 Å². The summed E-state index contributed by atoms with van der Waals surface area (Å²) >= 11 is 0. The first-order chi connectivity index (χ1) is 15.2. The van der Waals surface area contributed by atoms with Crippen LogP contribution in [0.5, 0.6) is 5.75 Å². The molecule has 0 aliphatic carbocycles. The number of para-hydroxylation sites is 1. The molecule has 0 unspecified atom stereocenters. The molecule has 31 heavy (non-hydrogen) atoms. The number of hydrogen-bond acceptors (Lipinski definition) is 4. The molecule has 2 aliphatic rings. The highest BCUT2D eigenvalue weighted by atomic mass is 19.1. The van der Waals surface area contributed by atoms with E-state index in [1.807, 2.05) is 30.3 Å². The highest BCUT2D eigenvalue weighted by Gasteiger charge is 2.41. The smallest absolute Gasteiger partial charge is 0.226 e. The van der Waals surface area contributed by atoms with Crippen LogP contribution in [0.3, 0.4) is 0 Å². The van der Waals surface area contributed by atoms with Gasteiger partial charge in [-0.05, 0) is 30.7 Å². The number of nitrogens with zero attached hydrogens (tertiary/aromatic N) is 3. The number of aryl methyl sites for hydroxylation is 1. The van der Waals surface area contributed by atoms with Crippen molar-refractivity contribution >= 4 is 11.6 Å². The van der Waals surface area contributed by atoms with Gasteiger partial charge < -0.3 is 10.1 Å². The number of nitrogens with one attached hydrogen (secondary N) is 1. The van der Waals surface area contributed by atoms with Crippen LogP contribution in [-0.2, 0) is 0 Å². The van der Waals surface area contributed by atoms with E-state index in [-0.39, 0.29) is 5.82 Å². The molecule has 0 amide bonds. The number of fused-ring (bicyclic) bond motifs is 3. The van der Waals surface area contributed by atoms with Crippen molar-refractivity contribution in [2.45, 2.75) is 19.1 Å². The number of ether oxygens (including phenoxy) is 1. The van der Waals surface area contributed by atoms with Crippen molar-refractivity contribution in [3.8, 4) is 5.75 Å². The third kappa shape index (κ3) is 2.75. The second-order valence-corrected chi connectivity index (χ2v) is 7.81. The first kappa shape index (κ1) is 17.9. The van der Waals surface area contributed by atoms with Crippen molar-refractivity contribution in [3.63, 3.8) is 0 Å².